The van der Waals surface area contributed by atoms with Gasteiger partial charge >= 0.3 is 5.97 Å². The molecule has 0 aromatic carbocycles. The molecule has 0 radical (unpaired) electrons. The molecule has 2 saturated heterocycles. The molecule has 4 heteroatoms. The molecule has 11 atom stereocenters. The summed E-state index contributed by atoms with van der Waals surface area (Å²) in [5.74, 6) is 3.77. The molecule has 37 heavy (non-hydrogen) atoms. The molecule has 4 nitrogen and oxygen atoms in total. The van der Waals surface area contributed by atoms with Gasteiger partial charge in [0, 0.05) is 25.2 Å². The summed E-state index contributed by atoms with van der Waals surface area (Å²) >= 11 is 0. The molecule has 1 spiro atoms. The summed E-state index contributed by atoms with van der Waals surface area (Å²) in [5, 5.41) is 0. The van der Waals surface area contributed by atoms with Crippen molar-refractivity contribution in [3.05, 3.63) is 11.6 Å². The highest BCUT2D eigenvalue weighted by Crippen LogP contribution is 2.70. The third kappa shape index (κ3) is 4.17. The van der Waals surface area contributed by atoms with E-state index in [2.05, 4.69) is 40.7 Å². The first kappa shape index (κ1) is 26.4. The van der Waals surface area contributed by atoms with Gasteiger partial charge in [-0.05, 0) is 91.8 Å². The summed E-state index contributed by atoms with van der Waals surface area (Å²) in [6.45, 7) is 13.0. The second-order valence-electron chi connectivity index (χ2n) is 14.6. The molecule has 2 heterocycles. The van der Waals surface area contributed by atoms with E-state index in [4.69, 9.17) is 14.2 Å². The average Bonchev–Trinajstić information content (AvgIpc) is 3.31. The lowest BCUT2D eigenvalue weighted by Crippen LogP contribution is -2.52. The van der Waals surface area contributed by atoms with Crippen LogP contribution in [0.3, 0.4) is 0 Å². The smallest absolute Gasteiger partial charge is 0.306 e. The predicted molar refractivity (Wildman–Crippen MR) is 146 cm³/mol. The van der Waals surface area contributed by atoms with Gasteiger partial charge in [0.25, 0.3) is 0 Å². The topological polar surface area (TPSA) is 44.8 Å². The van der Waals surface area contributed by atoms with Gasteiger partial charge in [0.15, 0.2) is 5.79 Å². The van der Waals surface area contributed by atoms with Crippen LogP contribution in [0.4, 0.5) is 0 Å². The molecule has 208 valence electrons. The molecule has 0 aromatic rings. The van der Waals surface area contributed by atoms with Gasteiger partial charge in [0.05, 0.1) is 12.7 Å². The van der Waals surface area contributed by atoms with Crippen LogP contribution in [0.15, 0.2) is 11.6 Å². The van der Waals surface area contributed by atoms with Crippen LogP contribution < -0.4 is 0 Å². The number of rotatable bonds is 5. The number of carbonyl (C=O) groups excluding carboxylic acids is 1. The third-order valence-corrected chi connectivity index (χ3v) is 12.6. The predicted octanol–water partition coefficient (Wildman–Crippen LogP) is 7.85. The summed E-state index contributed by atoms with van der Waals surface area (Å²) in [7, 11) is 0. The Morgan fingerprint density at radius 3 is 2.68 bits per heavy atom. The maximum Gasteiger partial charge on any atom is 0.306 e. The first-order chi connectivity index (χ1) is 17.7. The van der Waals surface area contributed by atoms with Crippen LogP contribution in [-0.2, 0) is 19.0 Å². The van der Waals surface area contributed by atoms with Gasteiger partial charge in [0.2, 0.25) is 0 Å². The number of ether oxygens (including phenoxy) is 3. The zero-order chi connectivity index (χ0) is 26.0. The Balaban J connectivity index is 1.15. The minimum absolute atomic E-state index is 0.0190. The zero-order valence-electron chi connectivity index (χ0n) is 24.2. The Morgan fingerprint density at radius 2 is 1.92 bits per heavy atom. The fraction of sp³-hybridized carbons (Fsp3) is 0.909. The molecule has 0 aromatic heterocycles. The van der Waals surface area contributed by atoms with Crippen molar-refractivity contribution in [1.29, 1.82) is 0 Å². The number of unbranched alkanes of at least 4 members (excludes halogenated alkanes) is 2. The van der Waals surface area contributed by atoms with Crippen LogP contribution in [-0.4, -0.2) is 30.6 Å². The first-order valence-electron chi connectivity index (χ1n) is 15.9. The molecule has 3 saturated carbocycles. The zero-order valence-corrected chi connectivity index (χ0v) is 24.2. The lowest BCUT2D eigenvalue weighted by molar-refractivity contribution is -0.272. The van der Waals surface area contributed by atoms with Crippen molar-refractivity contribution in [2.45, 2.75) is 136 Å². The van der Waals surface area contributed by atoms with Gasteiger partial charge in [-0.1, -0.05) is 59.1 Å². The van der Waals surface area contributed by atoms with Crippen molar-refractivity contribution in [2.75, 3.05) is 6.61 Å². The number of carbonyl (C=O) groups is 1. The summed E-state index contributed by atoms with van der Waals surface area (Å²) < 4.78 is 19.4. The monoisotopic (exact) mass is 512 g/mol. The van der Waals surface area contributed by atoms with E-state index in [1.165, 1.54) is 38.5 Å². The van der Waals surface area contributed by atoms with Gasteiger partial charge < -0.3 is 14.2 Å². The SMILES string of the molecule is CCCCCC(=O)O[C@H]1CC[C@@]2(C)C(=CC[C@@H]3[C@H]4C[C@H]5O[C@@]6(CC[C@H](C)CO6)[C@H](C)[C@H]5[C@@]4(C)CC[C@H]32)C1. The van der Waals surface area contributed by atoms with E-state index < -0.39 is 0 Å². The minimum atomic E-state index is -0.315. The van der Waals surface area contributed by atoms with Gasteiger partial charge in [-0.25, -0.2) is 0 Å². The van der Waals surface area contributed by atoms with Crippen LogP contribution in [0.1, 0.15) is 118 Å². The van der Waals surface area contributed by atoms with E-state index in [0.29, 0.717) is 35.7 Å². The summed E-state index contributed by atoms with van der Waals surface area (Å²) in [6.07, 6.45) is 17.4. The highest BCUT2D eigenvalue weighted by molar-refractivity contribution is 5.69. The van der Waals surface area contributed by atoms with Crippen molar-refractivity contribution in [1.82, 2.24) is 0 Å². The van der Waals surface area contributed by atoms with E-state index >= 15 is 0 Å². The Labute approximate surface area is 225 Å². The number of hydrogen-bond donors (Lipinski definition) is 0. The van der Waals surface area contributed by atoms with Crippen LogP contribution in [0.2, 0.25) is 0 Å². The molecule has 4 aliphatic carbocycles. The molecule has 6 rings (SSSR count). The molecule has 0 amide bonds. The summed E-state index contributed by atoms with van der Waals surface area (Å²) in [6, 6.07) is 0. The van der Waals surface area contributed by atoms with E-state index in [1.807, 2.05) is 0 Å². The molecular weight excluding hydrogens is 460 g/mol. The largest absolute Gasteiger partial charge is 0.462 e. The second kappa shape index (κ2) is 9.65. The van der Waals surface area contributed by atoms with E-state index in [0.717, 1.165) is 62.9 Å². The number of fused-ring (bicyclic) bond motifs is 7. The van der Waals surface area contributed by atoms with E-state index in [1.54, 1.807) is 5.57 Å². The van der Waals surface area contributed by atoms with Crippen molar-refractivity contribution in [3.63, 3.8) is 0 Å². The molecule has 5 fully saturated rings. The van der Waals surface area contributed by atoms with Gasteiger partial charge in [-0.15, -0.1) is 0 Å². The number of hydrogen-bond acceptors (Lipinski definition) is 4. The highest BCUT2D eigenvalue weighted by Gasteiger charge is 2.68. The lowest BCUT2D eigenvalue weighted by Gasteiger charge is -2.58. The maximum absolute atomic E-state index is 12.4. The van der Waals surface area contributed by atoms with Crippen molar-refractivity contribution >= 4 is 5.97 Å². The minimum Gasteiger partial charge on any atom is -0.462 e. The molecule has 0 N–H and O–H groups in total. The fourth-order valence-corrected chi connectivity index (χ4v) is 10.5. The summed E-state index contributed by atoms with van der Waals surface area (Å²) in [5.41, 5.74) is 2.25. The van der Waals surface area contributed by atoms with E-state index in [-0.39, 0.29) is 23.3 Å². The first-order valence-corrected chi connectivity index (χ1v) is 15.9. The van der Waals surface area contributed by atoms with Crippen molar-refractivity contribution in [2.24, 2.45) is 46.3 Å². The normalized spacial score (nSPS) is 50.6. The van der Waals surface area contributed by atoms with Gasteiger partial charge in [-0.2, -0.15) is 0 Å². The second-order valence-corrected chi connectivity index (χ2v) is 14.6. The molecule has 0 bridgehead atoms. The Bertz CT molecular complexity index is 902. The highest BCUT2D eigenvalue weighted by atomic mass is 16.7. The standard InChI is InChI=1S/C33H52O4/c1-6-7-8-9-29(34)36-24-13-15-31(4)23(18-24)10-11-25-26(31)14-16-32(5)27(25)19-28-30(32)22(3)33(37-28)17-12-21(2)20-35-33/h10,21-22,24-28,30H,6-9,11-20H2,1-5H3/t21-,22+,24-,25-,26+,27+,28+,30+,31-,32-,33-/m0/s1. The number of esters is 1. The Kier molecular flexibility index (Phi) is 6.87. The molecular formula is C33H52O4. The van der Waals surface area contributed by atoms with Gasteiger partial charge in [-0.3, -0.25) is 4.79 Å². The Hall–Kier alpha value is -0.870. The maximum atomic E-state index is 12.4. The quantitative estimate of drug-likeness (QED) is 0.214. The number of allylic oxidation sites excluding steroid dienone is 1. The summed E-state index contributed by atoms with van der Waals surface area (Å²) in [4.78, 5) is 12.4. The van der Waals surface area contributed by atoms with Crippen LogP contribution >= 0.6 is 0 Å². The molecule has 0 unspecified atom stereocenters. The Morgan fingerprint density at radius 1 is 1.08 bits per heavy atom. The van der Waals surface area contributed by atoms with Crippen molar-refractivity contribution < 1.29 is 19.0 Å². The van der Waals surface area contributed by atoms with Crippen molar-refractivity contribution in [3.8, 4) is 0 Å². The fourth-order valence-electron chi connectivity index (χ4n) is 10.5. The van der Waals surface area contributed by atoms with E-state index in [9.17, 15) is 4.79 Å². The van der Waals surface area contributed by atoms with Crippen LogP contribution in [0, 0.1) is 46.3 Å². The van der Waals surface area contributed by atoms with Crippen LogP contribution in [0.5, 0.6) is 0 Å². The average molecular weight is 513 g/mol. The van der Waals surface area contributed by atoms with Gasteiger partial charge in [0.1, 0.15) is 6.10 Å². The lowest BCUT2D eigenvalue weighted by atomic mass is 9.47. The molecule has 6 aliphatic rings. The molecule has 2 aliphatic heterocycles. The third-order valence-electron chi connectivity index (χ3n) is 12.6. The van der Waals surface area contributed by atoms with Crippen LogP contribution in [0.25, 0.3) is 0 Å².